The van der Waals surface area contributed by atoms with E-state index in [2.05, 4.69) is 5.32 Å². The molecule has 0 bridgehead atoms. The minimum atomic E-state index is -4.14. The van der Waals surface area contributed by atoms with E-state index in [9.17, 15) is 18.3 Å². The monoisotopic (exact) mass is 400 g/mol. The average molecular weight is 401 g/mol. The van der Waals surface area contributed by atoms with Gasteiger partial charge in [-0.1, -0.05) is 53.0 Å². The first-order valence-corrected chi connectivity index (χ1v) is 9.45. The molecule has 1 atom stereocenters. The number of carbonyl (C=O) groups is 1. The van der Waals surface area contributed by atoms with Crippen molar-refractivity contribution in [1.82, 2.24) is 4.31 Å². The number of rotatable bonds is 3. The third-order valence-corrected chi connectivity index (χ3v) is 6.35. The molecule has 0 aromatic heterocycles. The second-order valence-electron chi connectivity index (χ2n) is 5.69. The molecule has 1 aliphatic heterocycles. The van der Waals surface area contributed by atoms with Crippen LogP contribution in [0, 0.1) is 6.92 Å². The van der Waals surface area contributed by atoms with E-state index in [1.165, 1.54) is 12.1 Å². The number of halogens is 2. The van der Waals surface area contributed by atoms with Gasteiger partial charge in [0.15, 0.2) is 6.17 Å². The lowest BCUT2D eigenvalue weighted by atomic mass is 10.1. The summed E-state index contributed by atoms with van der Waals surface area (Å²) in [5, 5.41) is 12.3. The molecule has 1 aliphatic rings. The molecule has 9 heteroatoms. The molecule has 1 unspecified atom stereocenters. The molecule has 2 aromatic carbocycles. The Bertz CT molecular complexity index is 963. The number of aryl methyl sites for hydroxylation is 1. The van der Waals surface area contributed by atoms with Gasteiger partial charge in [-0.05, 0) is 24.6 Å². The van der Waals surface area contributed by atoms with Crippen molar-refractivity contribution < 1.29 is 18.3 Å². The van der Waals surface area contributed by atoms with Gasteiger partial charge in [0, 0.05) is 11.6 Å². The summed E-state index contributed by atoms with van der Waals surface area (Å²) in [4.78, 5) is 11.5. The molecule has 25 heavy (non-hydrogen) atoms. The fraction of sp³-hybridized carbons (Fsp3) is 0.188. The minimum absolute atomic E-state index is 0.0620. The molecule has 0 aliphatic carbocycles. The second-order valence-corrected chi connectivity index (χ2v) is 8.36. The van der Waals surface area contributed by atoms with E-state index in [-0.39, 0.29) is 27.2 Å². The van der Waals surface area contributed by atoms with Crippen LogP contribution < -0.4 is 5.32 Å². The van der Waals surface area contributed by atoms with Gasteiger partial charge in [-0.25, -0.2) is 13.2 Å². The number of carboxylic acid groups (broad SMARTS) is 1. The van der Waals surface area contributed by atoms with Crippen molar-refractivity contribution in [1.29, 1.82) is 0 Å². The van der Waals surface area contributed by atoms with Crippen molar-refractivity contribution in [2.75, 3.05) is 5.32 Å². The topological polar surface area (TPSA) is 86.7 Å². The summed E-state index contributed by atoms with van der Waals surface area (Å²) in [5.74, 6) is -1.32. The van der Waals surface area contributed by atoms with Crippen LogP contribution in [0.2, 0.25) is 10.0 Å². The van der Waals surface area contributed by atoms with E-state index < -0.39 is 22.2 Å². The van der Waals surface area contributed by atoms with Crippen molar-refractivity contribution in [3.05, 3.63) is 57.6 Å². The molecule has 0 fully saturated rings. The lowest BCUT2D eigenvalue weighted by molar-refractivity contribution is -0.140. The lowest BCUT2D eigenvalue weighted by Crippen LogP contribution is -2.52. The summed E-state index contributed by atoms with van der Waals surface area (Å²) in [6, 6.07) is 9.85. The highest BCUT2D eigenvalue weighted by Crippen LogP contribution is 2.39. The molecular weight excluding hydrogens is 387 g/mol. The molecule has 6 nitrogen and oxygen atoms in total. The Balaban J connectivity index is 2.13. The molecule has 3 rings (SSSR count). The molecular formula is C16H14Cl2N2O4S. The van der Waals surface area contributed by atoms with Gasteiger partial charge in [0.1, 0.15) is 4.90 Å². The van der Waals surface area contributed by atoms with Crippen LogP contribution in [-0.4, -0.2) is 30.0 Å². The highest BCUT2D eigenvalue weighted by atomic mass is 35.5. The van der Waals surface area contributed by atoms with E-state index in [0.29, 0.717) is 5.56 Å². The Labute approximate surface area is 155 Å². The van der Waals surface area contributed by atoms with Crippen molar-refractivity contribution in [3.63, 3.8) is 0 Å². The number of hydrogen-bond donors (Lipinski definition) is 2. The van der Waals surface area contributed by atoms with E-state index >= 15 is 0 Å². The molecule has 1 heterocycles. The summed E-state index contributed by atoms with van der Waals surface area (Å²) in [6.45, 7) is 1.77. The SMILES string of the molecule is Cc1cccc(CN2C(C(=O)O)Nc3cc(Cl)cc(Cl)c3S2(=O)=O)c1. The molecule has 0 saturated carbocycles. The van der Waals surface area contributed by atoms with Crippen LogP contribution in [-0.2, 0) is 21.4 Å². The Morgan fingerprint density at radius 3 is 2.64 bits per heavy atom. The Morgan fingerprint density at radius 1 is 1.28 bits per heavy atom. The summed E-state index contributed by atoms with van der Waals surface area (Å²) < 4.78 is 27.0. The number of nitrogens with one attached hydrogen (secondary N) is 1. The zero-order valence-corrected chi connectivity index (χ0v) is 15.4. The van der Waals surface area contributed by atoms with Gasteiger partial charge in [-0.2, -0.15) is 4.31 Å². The van der Waals surface area contributed by atoms with Gasteiger partial charge >= 0.3 is 5.97 Å². The van der Waals surface area contributed by atoms with E-state index in [1.54, 1.807) is 18.2 Å². The van der Waals surface area contributed by atoms with E-state index in [0.717, 1.165) is 9.87 Å². The second kappa shape index (κ2) is 6.49. The zero-order chi connectivity index (χ0) is 18.4. The van der Waals surface area contributed by atoms with Crippen LogP contribution in [0.3, 0.4) is 0 Å². The summed E-state index contributed by atoms with van der Waals surface area (Å²) in [7, 11) is -4.14. The number of aliphatic carboxylic acids is 1. The number of fused-ring (bicyclic) bond motifs is 1. The Morgan fingerprint density at radius 2 is 2.00 bits per heavy atom. The molecule has 0 radical (unpaired) electrons. The third kappa shape index (κ3) is 3.32. The first kappa shape index (κ1) is 18.0. The molecule has 2 aromatic rings. The number of carboxylic acids is 1. The molecule has 0 amide bonds. The van der Waals surface area contributed by atoms with Crippen molar-refractivity contribution in [2.45, 2.75) is 24.5 Å². The van der Waals surface area contributed by atoms with Crippen LogP contribution >= 0.6 is 23.2 Å². The van der Waals surface area contributed by atoms with Gasteiger partial charge in [0.2, 0.25) is 10.0 Å². The minimum Gasteiger partial charge on any atom is -0.479 e. The van der Waals surface area contributed by atoms with Crippen LogP contribution in [0.5, 0.6) is 0 Å². The van der Waals surface area contributed by atoms with E-state index in [4.69, 9.17) is 23.2 Å². The highest BCUT2D eigenvalue weighted by Gasteiger charge is 2.43. The summed E-state index contributed by atoms with van der Waals surface area (Å²) >= 11 is 12.0. The number of benzene rings is 2. The third-order valence-electron chi connectivity index (χ3n) is 3.81. The number of hydrogen-bond acceptors (Lipinski definition) is 4. The quantitative estimate of drug-likeness (QED) is 0.824. The molecule has 2 N–H and O–H groups in total. The molecule has 132 valence electrons. The van der Waals surface area contributed by atoms with Crippen LogP contribution in [0.15, 0.2) is 41.3 Å². The Kier molecular flexibility index (Phi) is 4.68. The number of anilines is 1. The average Bonchev–Trinajstić information content (AvgIpc) is 2.48. The standard InChI is InChI=1S/C16H14Cl2N2O4S/c1-9-3-2-4-10(5-9)8-20-15(16(21)22)19-13-7-11(17)6-12(18)14(13)25(20,23)24/h2-7,15,19H,8H2,1H3,(H,21,22). The fourth-order valence-electron chi connectivity index (χ4n) is 2.76. The molecule has 0 spiro atoms. The van der Waals surface area contributed by atoms with Gasteiger partial charge in [-0.3, -0.25) is 0 Å². The van der Waals surface area contributed by atoms with Crippen LogP contribution in [0.25, 0.3) is 0 Å². The van der Waals surface area contributed by atoms with Gasteiger partial charge in [0.25, 0.3) is 0 Å². The maximum absolute atomic E-state index is 13.0. The zero-order valence-electron chi connectivity index (χ0n) is 13.0. The maximum atomic E-state index is 13.0. The van der Waals surface area contributed by atoms with E-state index in [1.807, 2.05) is 13.0 Å². The Hall–Kier alpha value is -1.80. The largest absolute Gasteiger partial charge is 0.479 e. The molecule has 0 saturated heterocycles. The first-order chi connectivity index (χ1) is 11.7. The van der Waals surface area contributed by atoms with Crippen LogP contribution in [0.4, 0.5) is 5.69 Å². The lowest BCUT2D eigenvalue weighted by Gasteiger charge is -2.35. The number of sulfonamides is 1. The van der Waals surface area contributed by atoms with Gasteiger partial charge < -0.3 is 10.4 Å². The van der Waals surface area contributed by atoms with Crippen LogP contribution in [0.1, 0.15) is 11.1 Å². The van der Waals surface area contributed by atoms with Crippen molar-refractivity contribution in [2.24, 2.45) is 0 Å². The van der Waals surface area contributed by atoms with Crippen molar-refractivity contribution in [3.8, 4) is 0 Å². The summed E-state index contributed by atoms with van der Waals surface area (Å²) in [6.07, 6.45) is -1.47. The predicted molar refractivity (Wildman–Crippen MR) is 95.4 cm³/mol. The number of nitrogens with zero attached hydrogens (tertiary/aromatic N) is 1. The smallest absolute Gasteiger partial charge is 0.342 e. The highest BCUT2D eigenvalue weighted by molar-refractivity contribution is 7.89. The first-order valence-electron chi connectivity index (χ1n) is 7.26. The van der Waals surface area contributed by atoms with Gasteiger partial charge in [-0.15, -0.1) is 0 Å². The fourth-order valence-corrected chi connectivity index (χ4v) is 5.22. The normalized spacial score (nSPS) is 19.1. The van der Waals surface area contributed by atoms with Gasteiger partial charge in [0.05, 0.1) is 10.7 Å². The predicted octanol–water partition coefficient (Wildman–Crippen LogP) is 3.33. The summed E-state index contributed by atoms with van der Waals surface area (Å²) in [5.41, 5.74) is 1.69. The van der Waals surface area contributed by atoms with Crippen molar-refractivity contribution >= 4 is 44.9 Å². The maximum Gasteiger partial charge on any atom is 0.342 e.